The molecule has 3 N–H and O–H groups in total. The number of benzene rings is 1. The molecule has 2 rings (SSSR count). The fraction of sp³-hybridized carbons (Fsp3) is 0.458. The summed E-state index contributed by atoms with van der Waals surface area (Å²) in [6, 6.07) is 8.67. The van der Waals surface area contributed by atoms with Crippen molar-refractivity contribution in [2.45, 2.75) is 71.8 Å². The van der Waals surface area contributed by atoms with E-state index in [1.54, 1.807) is 0 Å². The summed E-state index contributed by atoms with van der Waals surface area (Å²) in [5.74, 6) is -0.352. The molecule has 0 radical (unpaired) electrons. The van der Waals surface area contributed by atoms with Gasteiger partial charge in [-0.2, -0.15) is 0 Å². The number of hydrogen-bond donors (Lipinski definition) is 2. The molecule has 4 heteroatoms. The Kier molecular flexibility index (Phi) is 6.89. The fourth-order valence-electron chi connectivity index (χ4n) is 3.66. The molecule has 28 heavy (non-hydrogen) atoms. The van der Waals surface area contributed by atoms with Crippen LogP contribution < -0.4 is 5.73 Å². The Bertz CT molecular complexity index is 873. The number of carbonyl (C=O) groups is 1. The summed E-state index contributed by atoms with van der Waals surface area (Å²) in [7, 11) is 0. The second-order valence-electron chi connectivity index (χ2n) is 7.89. The number of nitrogens with two attached hydrogens (primary N) is 1. The van der Waals surface area contributed by atoms with Crippen LogP contribution in [-0.4, -0.2) is 16.6 Å². The minimum atomic E-state index is -0.790. The van der Waals surface area contributed by atoms with Gasteiger partial charge in [0.1, 0.15) is 0 Å². The van der Waals surface area contributed by atoms with Crippen molar-refractivity contribution in [3.63, 3.8) is 0 Å². The zero-order valence-electron chi connectivity index (χ0n) is 17.9. The van der Waals surface area contributed by atoms with Crippen LogP contribution in [0.3, 0.4) is 0 Å². The largest absolute Gasteiger partial charge is 0.386 e. The SMILES string of the molecule is CCC(C)(O)/C=C/c1ccc(C(CC)(CC)c2cc(C)c(C(N)=O)s2)cc1C. The van der Waals surface area contributed by atoms with Gasteiger partial charge in [0.2, 0.25) is 0 Å². The average molecular weight is 400 g/mol. The van der Waals surface area contributed by atoms with Gasteiger partial charge in [-0.3, -0.25) is 4.79 Å². The van der Waals surface area contributed by atoms with Crippen molar-refractivity contribution in [2.24, 2.45) is 5.73 Å². The average Bonchev–Trinajstić information content (AvgIpc) is 3.05. The summed E-state index contributed by atoms with van der Waals surface area (Å²) < 4.78 is 0. The summed E-state index contributed by atoms with van der Waals surface area (Å²) in [6.45, 7) is 12.2. The maximum absolute atomic E-state index is 11.8. The number of rotatable bonds is 8. The second kappa shape index (κ2) is 8.62. The van der Waals surface area contributed by atoms with Crippen LogP contribution in [0.25, 0.3) is 6.08 Å². The number of hydrogen-bond acceptors (Lipinski definition) is 3. The van der Waals surface area contributed by atoms with Crippen molar-refractivity contribution in [1.29, 1.82) is 0 Å². The van der Waals surface area contributed by atoms with Crippen molar-refractivity contribution < 1.29 is 9.90 Å². The molecule has 0 saturated heterocycles. The number of thiophene rings is 1. The Hall–Kier alpha value is -1.91. The molecule has 1 aromatic heterocycles. The van der Waals surface area contributed by atoms with Gasteiger partial charge < -0.3 is 10.8 Å². The van der Waals surface area contributed by atoms with E-state index in [1.807, 2.05) is 32.9 Å². The third-order valence-corrected chi connectivity index (χ3v) is 7.44. The van der Waals surface area contributed by atoms with Gasteiger partial charge in [-0.1, -0.05) is 51.1 Å². The van der Waals surface area contributed by atoms with Crippen LogP contribution in [0, 0.1) is 13.8 Å². The first-order chi connectivity index (χ1) is 13.1. The minimum absolute atomic E-state index is 0.134. The fourth-order valence-corrected chi connectivity index (χ4v) is 5.04. The van der Waals surface area contributed by atoms with Crippen LogP contribution in [0.15, 0.2) is 30.3 Å². The van der Waals surface area contributed by atoms with Crippen molar-refractivity contribution >= 4 is 23.3 Å². The van der Waals surface area contributed by atoms with Gasteiger partial charge in [0.15, 0.2) is 0 Å². The minimum Gasteiger partial charge on any atom is -0.386 e. The van der Waals surface area contributed by atoms with E-state index in [1.165, 1.54) is 27.3 Å². The lowest BCUT2D eigenvalue weighted by Crippen LogP contribution is -2.25. The molecular formula is C24H33NO2S. The maximum atomic E-state index is 11.8. The number of carbonyl (C=O) groups excluding carboxylic acids is 1. The monoisotopic (exact) mass is 399 g/mol. The molecule has 152 valence electrons. The van der Waals surface area contributed by atoms with E-state index in [0.29, 0.717) is 11.3 Å². The van der Waals surface area contributed by atoms with E-state index in [9.17, 15) is 9.90 Å². The Labute approximate surface area is 173 Å². The third kappa shape index (κ3) is 4.39. The quantitative estimate of drug-likeness (QED) is 0.594. The highest BCUT2D eigenvalue weighted by Gasteiger charge is 2.33. The number of aryl methyl sites for hydroxylation is 2. The highest BCUT2D eigenvalue weighted by atomic mass is 32.1. The van der Waals surface area contributed by atoms with Gasteiger partial charge in [-0.05, 0) is 68.4 Å². The summed E-state index contributed by atoms with van der Waals surface area (Å²) in [4.78, 5) is 13.6. The predicted octanol–water partition coefficient (Wildman–Crippen LogP) is 5.74. The van der Waals surface area contributed by atoms with Gasteiger partial charge in [0.25, 0.3) is 5.91 Å². The Balaban J connectivity index is 2.51. The van der Waals surface area contributed by atoms with Gasteiger partial charge >= 0.3 is 0 Å². The second-order valence-corrected chi connectivity index (χ2v) is 8.94. The molecule has 1 aromatic carbocycles. The Morgan fingerprint density at radius 1 is 1.11 bits per heavy atom. The Morgan fingerprint density at radius 2 is 1.75 bits per heavy atom. The van der Waals surface area contributed by atoms with Crippen molar-refractivity contribution in [3.8, 4) is 0 Å². The van der Waals surface area contributed by atoms with Crippen LogP contribution in [0.4, 0.5) is 0 Å². The van der Waals surface area contributed by atoms with E-state index >= 15 is 0 Å². The maximum Gasteiger partial charge on any atom is 0.259 e. The number of primary amides is 1. The lowest BCUT2D eigenvalue weighted by molar-refractivity contribution is 0.100. The van der Waals surface area contributed by atoms with Crippen LogP contribution >= 0.6 is 11.3 Å². The van der Waals surface area contributed by atoms with Crippen molar-refractivity contribution in [3.05, 3.63) is 62.3 Å². The summed E-state index contributed by atoms with van der Waals surface area (Å²) in [5.41, 5.74) is 9.13. The summed E-state index contributed by atoms with van der Waals surface area (Å²) >= 11 is 1.52. The van der Waals surface area contributed by atoms with E-state index in [0.717, 1.165) is 24.0 Å². The molecule has 0 bridgehead atoms. The van der Waals surface area contributed by atoms with Gasteiger partial charge in [-0.15, -0.1) is 11.3 Å². The lowest BCUT2D eigenvalue weighted by Gasteiger charge is -2.32. The van der Waals surface area contributed by atoms with Crippen LogP contribution in [-0.2, 0) is 5.41 Å². The van der Waals surface area contributed by atoms with Crippen molar-refractivity contribution in [2.75, 3.05) is 0 Å². The molecule has 2 aromatic rings. The lowest BCUT2D eigenvalue weighted by atomic mass is 9.74. The highest BCUT2D eigenvalue weighted by molar-refractivity contribution is 7.14. The van der Waals surface area contributed by atoms with E-state index in [4.69, 9.17) is 5.73 Å². The van der Waals surface area contributed by atoms with E-state index in [-0.39, 0.29) is 11.3 Å². The van der Waals surface area contributed by atoms with Gasteiger partial charge in [0.05, 0.1) is 10.5 Å². The standard InChI is InChI=1S/C24H33NO2S/c1-7-23(6,27)13-12-18-10-11-19(14-16(18)4)24(8-2,9-3)20-15-17(5)21(28-20)22(25)26/h10-15,27H,7-9H2,1-6H3,(H2,25,26)/b13-12+. The molecule has 1 amide bonds. The third-order valence-electron chi connectivity index (χ3n) is 5.98. The molecule has 0 saturated carbocycles. The van der Waals surface area contributed by atoms with Gasteiger partial charge in [-0.25, -0.2) is 0 Å². The molecule has 0 fully saturated rings. The number of amides is 1. The van der Waals surface area contributed by atoms with Crippen LogP contribution in [0.1, 0.15) is 83.8 Å². The number of aliphatic hydroxyl groups is 1. The first kappa shape index (κ1) is 22.4. The molecule has 0 aliphatic heterocycles. The molecular weight excluding hydrogens is 366 g/mol. The van der Waals surface area contributed by atoms with E-state index in [2.05, 4.69) is 45.0 Å². The predicted molar refractivity (Wildman–Crippen MR) is 120 cm³/mol. The first-order valence-electron chi connectivity index (χ1n) is 10.0. The summed E-state index contributed by atoms with van der Waals surface area (Å²) in [5, 5.41) is 10.2. The molecule has 0 aliphatic carbocycles. The summed E-state index contributed by atoms with van der Waals surface area (Å²) in [6.07, 6.45) is 6.43. The molecule has 0 aliphatic rings. The first-order valence-corrected chi connectivity index (χ1v) is 10.8. The molecule has 1 unspecified atom stereocenters. The highest BCUT2D eigenvalue weighted by Crippen LogP contribution is 2.43. The van der Waals surface area contributed by atoms with Crippen molar-refractivity contribution in [1.82, 2.24) is 0 Å². The van der Waals surface area contributed by atoms with Gasteiger partial charge in [0, 0.05) is 10.3 Å². The van der Waals surface area contributed by atoms with Crippen LogP contribution in [0.5, 0.6) is 0 Å². The smallest absolute Gasteiger partial charge is 0.259 e. The van der Waals surface area contributed by atoms with Crippen LogP contribution in [0.2, 0.25) is 0 Å². The molecule has 0 spiro atoms. The molecule has 1 heterocycles. The zero-order chi connectivity index (χ0) is 21.1. The normalized spacial score (nSPS) is 14.4. The Morgan fingerprint density at radius 3 is 2.21 bits per heavy atom. The molecule has 1 atom stereocenters. The van der Waals surface area contributed by atoms with E-state index < -0.39 is 5.60 Å². The topological polar surface area (TPSA) is 63.3 Å². The molecule has 3 nitrogen and oxygen atoms in total. The zero-order valence-corrected chi connectivity index (χ0v) is 18.7.